The van der Waals surface area contributed by atoms with Crippen LogP contribution in [0, 0.1) is 6.85 Å². The van der Waals surface area contributed by atoms with Gasteiger partial charge in [-0.25, -0.2) is 4.98 Å². The van der Waals surface area contributed by atoms with Crippen LogP contribution in [0.5, 0.6) is 5.75 Å². The monoisotopic (exact) mass is 953 g/mol. The predicted octanol–water partition coefficient (Wildman–Crippen LogP) is 18.8. The molecular formula is C67H79N3O. The van der Waals surface area contributed by atoms with Gasteiger partial charge in [-0.15, -0.1) is 0 Å². The summed E-state index contributed by atoms with van der Waals surface area (Å²) in [5.74, 6) is 0.339. The van der Waals surface area contributed by atoms with E-state index in [1.807, 2.05) is 113 Å². The van der Waals surface area contributed by atoms with Gasteiger partial charge >= 0.3 is 0 Å². The lowest BCUT2D eigenvalue weighted by Crippen LogP contribution is -2.25. The fourth-order valence-electron chi connectivity index (χ4n) is 9.89. The largest absolute Gasteiger partial charge is 0.507 e. The van der Waals surface area contributed by atoms with Crippen LogP contribution in [0.15, 0.2) is 133 Å². The Morgan fingerprint density at radius 2 is 1.17 bits per heavy atom. The quantitative estimate of drug-likeness (QED) is 0.133. The average Bonchev–Trinajstić information content (AvgIpc) is 3.38. The summed E-state index contributed by atoms with van der Waals surface area (Å²) in [6.45, 7) is 29.4. The summed E-state index contributed by atoms with van der Waals surface area (Å²) in [7, 11) is 0. The lowest BCUT2D eigenvalue weighted by Gasteiger charge is -2.36. The van der Waals surface area contributed by atoms with Crippen molar-refractivity contribution in [2.45, 2.75) is 163 Å². The van der Waals surface area contributed by atoms with Crippen molar-refractivity contribution in [1.29, 1.82) is 0 Å². The highest BCUT2D eigenvalue weighted by molar-refractivity contribution is 5.97. The molecule has 0 atom stereocenters. The third-order valence-corrected chi connectivity index (χ3v) is 15.4. The number of pyridine rings is 1. The van der Waals surface area contributed by atoms with Crippen LogP contribution in [0.4, 0.5) is 0 Å². The van der Waals surface area contributed by atoms with Crippen molar-refractivity contribution < 1.29 is 20.2 Å². The van der Waals surface area contributed by atoms with Crippen LogP contribution >= 0.6 is 0 Å². The van der Waals surface area contributed by atoms with Crippen molar-refractivity contribution in [3.05, 3.63) is 167 Å². The first-order chi connectivity index (χ1) is 38.0. The second-order valence-corrected chi connectivity index (χ2v) is 23.1. The van der Waals surface area contributed by atoms with Gasteiger partial charge in [-0.05, 0) is 164 Å². The third kappa shape index (κ3) is 9.64. The number of rotatable bonds is 12. The van der Waals surface area contributed by atoms with Crippen molar-refractivity contribution in [2.75, 3.05) is 0 Å². The van der Waals surface area contributed by atoms with E-state index in [2.05, 4.69) is 85.5 Å². The zero-order valence-corrected chi connectivity index (χ0v) is 44.7. The second kappa shape index (κ2) is 19.1. The Morgan fingerprint density at radius 3 is 1.76 bits per heavy atom. The molecule has 0 saturated carbocycles. The summed E-state index contributed by atoms with van der Waals surface area (Å²) in [5.41, 5.74) is 7.65. The number of benzene rings is 6. The van der Waals surface area contributed by atoms with Gasteiger partial charge in [0.1, 0.15) is 11.6 Å². The van der Waals surface area contributed by atoms with Crippen LogP contribution < -0.4 is 0 Å². The SMILES string of the molecule is [2H]c1nc(-c2cc(-c3cccc4c3nc(-c3cc(C(C)(C)C)cc(C(C)(C)C)c3O)n4-c3ccc(-c4c(C(C)(CC)CC)cccc4C(C)(CC)CC)cc3C([2H])([2H])[2H])cc(C(C)(C)C)c2)c([2H])c(-c2c([2H])c([2H])c([2H])c([2H])c2[2H])c1[2H]. The van der Waals surface area contributed by atoms with Crippen LogP contribution in [0.1, 0.15) is 178 Å². The molecule has 0 fully saturated rings. The van der Waals surface area contributed by atoms with Gasteiger partial charge in [-0.2, -0.15) is 0 Å². The molecule has 368 valence electrons. The van der Waals surface area contributed by atoms with E-state index in [0.717, 1.165) is 47.9 Å². The molecule has 0 spiro atoms. The van der Waals surface area contributed by atoms with E-state index >= 15 is 0 Å². The molecule has 0 saturated heterocycles. The van der Waals surface area contributed by atoms with E-state index in [1.54, 1.807) is 0 Å². The van der Waals surface area contributed by atoms with Gasteiger partial charge in [-0.1, -0.05) is 183 Å². The van der Waals surface area contributed by atoms with Crippen LogP contribution in [0.25, 0.3) is 72.7 Å². The summed E-state index contributed by atoms with van der Waals surface area (Å²) in [6.07, 6.45) is 2.98. The number of hydrogen-bond donors (Lipinski definition) is 1. The zero-order chi connectivity index (χ0) is 60.9. The van der Waals surface area contributed by atoms with Crippen LogP contribution in [0.3, 0.4) is 0 Å². The molecule has 0 aliphatic carbocycles. The molecule has 0 radical (unpaired) electrons. The molecule has 0 bridgehead atoms. The van der Waals surface area contributed by atoms with Crippen molar-refractivity contribution >= 4 is 11.0 Å². The standard InChI is InChI=1S/C67H79N3O/c1-17-66(15,18-2)53-29-25-30-54(67(16,19-3)20-4)59(53)46-32-33-57(43(5)36-46)70-58-31-24-28-51(60(58)69-62(70)52-41-50(64(9,10)11)42-55(61(52)71)65(12,13)14)47-37-48(39-49(38-47)63(6,7)8)56-40-45(34-35-68-56)44-26-22-21-23-27-44/h21-42,71H,17-20H2,1-16H3/i5D3,21D,22D,23D,26D,27D,34D,35D,40D. The molecule has 4 heteroatoms. The highest BCUT2D eigenvalue weighted by Gasteiger charge is 2.34. The Hall–Kier alpha value is -6.26. The van der Waals surface area contributed by atoms with E-state index in [9.17, 15) is 10.6 Å². The Balaban J connectivity index is 1.52. The maximum absolute atomic E-state index is 12.7. The highest BCUT2D eigenvalue weighted by Crippen LogP contribution is 2.48. The Bertz CT molecular complexity index is 3760. The summed E-state index contributed by atoms with van der Waals surface area (Å²) in [4.78, 5) is 10.0. The Labute approximate surface area is 442 Å². The molecule has 0 amide bonds. The minimum atomic E-state index is -2.65. The lowest BCUT2D eigenvalue weighted by atomic mass is 9.68. The number of aromatic hydroxyl groups is 1. The number of para-hydroxylation sites is 1. The number of phenolic OH excluding ortho intramolecular Hbond substituents is 1. The third-order valence-electron chi connectivity index (χ3n) is 15.4. The molecule has 6 aromatic carbocycles. The van der Waals surface area contributed by atoms with E-state index in [-0.39, 0.29) is 50.4 Å². The first kappa shape index (κ1) is 38.4. The van der Waals surface area contributed by atoms with Crippen molar-refractivity contribution in [2.24, 2.45) is 0 Å². The Kier molecular flexibility index (Phi) is 10.3. The van der Waals surface area contributed by atoms with E-state index in [0.29, 0.717) is 50.4 Å². The van der Waals surface area contributed by atoms with Gasteiger partial charge in [0, 0.05) is 27.0 Å². The molecule has 8 aromatic rings. The van der Waals surface area contributed by atoms with Crippen LogP contribution in [0.2, 0.25) is 0 Å². The fourth-order valence-corrected chi connectivity index (χ4v) is 9.89. The number of fused-ring (bicyclic) bond motifs is 1. The van der Waals surface area contributed by atoms with Gasteiger partial charge in [-0.3, -0.25) is 9.55 Å². The summed E-state index contributed by atoms with van der Waals surface area (Å²) in [5, 5.41) is 12.7. The van der Waals surface area contributed by atoms with Crippen LogP contribution in [-0.2, 0) is 27.1 Å². The smallest absolute Gasteiger partial charge is 0.149 e. The first-order valence-electron chi connectivity index (χ1n) is 30.9. The molecule has 8 rings (SSSR count). The predicted molar refractivity (Wildman–Crippen MR) is 304 cm³/mol. The minimum Gasteiger partial charge on any atom is -0.507 e. The van der Waals surface area contributed by atoms with E-state index in [4.69, 9.17) is 14.6 Å². The molecule has 71 heavy (non-hydrogen) atoms. The lowest BCUT2D eigenvalue weighted by molar-refractivity contribution is 0.426. The summed E-state index contributed by atoms with van der Waals surface area (Å²) in [6, 6.07) is 23.7. The molecular weight excluding hydrogens is 863 g/mol. The van der Waals surface area contributed by atoms with Gasteiger partial charge in [0.05, 0.1) is 38.9 Å². The number of phenols is 1. The fraction of sp³-hybridized carbons (Fsp3) is 0.373. The molecule has 0 unspecified atom stereocenters. The first-order valence-corrected chi connectivity index (χ1v) is 25.4. The summed E-state index contributed by atoms with van der Waals surface area (Å²) >= 11 is 0. The maximum Gasteiger partial charge on any atom is 0.149 e. The van der Waals surface area contributed by atoms with Crippen molar-refractivity contribution in [3.63, 3.8) is 0 Å². The van der Waals surface area contributed by atoms with Gasteiger partial charge in [0.25, 0.3) is 0 Å². The molecule has 4 nitrogen and oxygen atoms in total. The number of imidazole rings is 1. The molecule has 2 heterocycles. The topological polar surface area (TPSA) is 50.9 Å². The van der Waals surface area contributed by atoms with Gasteiger partial charge in [0.15, 0.2) is 0 Å². The highest BCUT2D eigenvalue weighted by atomic mass is 16.3. The molecule has 0 aliphatic heterocycles. The van der Waals surface area contributed by atoms with E-state index in [1.165, 1.54) is 11.1 Å². The minimum absolute atomic E-state index is 0.0195. The number of aromatic nitrogens is 3. The van der Waals surface area contributed by atoms with Crippen LogP contribution in [-0.4, -0.2) is 19.6 Å². The molecule has 0 aliphatic rings. The Morgan fingerprint density at radius 1 is 0.563 bits per heavy atom. The number of hydrogen-bond acceptors (Lipinski definition) is 3. The van der Waals surface area contributed by atoms with E-state index < -0.39 is 60.1 Å². The number of nitrogens with zero attached hydrogens (tertiary/aromatic N) is 3. The zero-order valence-electron chi connectivity index (χ0n) is 55.7. The van der Waals surface area contributed by atoms with Gasteiger partial charge in [0.2, 0.25) is 0 Å². The van der Waals surface area contributed by atoms with Gasteiger partial charge < -0.3 is 5.11 Å². The number of aryl methyl sites for hydroxylation is 1. The van der Waals surface area contributed by atoms with Crippen molar-refractivity contribution in [3.8, 4) is 67.5 Å². The normalized spacial score (nSPS) is 15.2. The second-order valence-electron chi connectivity index (χ2n) is 23.1. The van der Waals surface area contributed by atoms with Crippen molar-refractivity contribution in [1.82, 2.24) is 14.5 Å². The maximum atomic E-state index is 12.7. The molecule has 1 N–H and O–H groups in total. The average molecular weight is 953 g/mol. The summed E-state index contributed by atoms with van der Waals surface area (Å²) < 4.78 is 100. The molecule has 2 aromatic heterocycles.